The maximum atomic E-state index is 12.1. The second kappa shape index (κ2) is 7.96. The lowest BCUT2D eigenvalue weighted by Crippen LogP contribution is -2.18. The van der Waals surface area contributed by atoms with Crippen LogP contribution in [-0.2, 0) is 22.6 Å². The average molecular weight is 418 g/mol. The third-order valence-corrected chi connectivity index (χ3v) is 3.99. The summed E-state index contributed by atoms with van der Waals surface area (Å²) >= 11 is 3.28. The number of nitrogens with one attached hydrogen (secondary N) is 1. The number of rotatable bonds is 6. The summed E-state index contributed by atoms with van der Waals surface area (Å²) in [5.74, 6) is -0.609. The van der Waals surface area contributed by atoms with E-state index < -0.39 is 5.97 Å². The molecule has 0 saturated carbocycles. The van der Waals surface area contributed by atoms with Gasteiger partial charge in [-0.25, -0.2) is 4.79 Å². The maximum Gasteiger partial charge on any atom is 0.338 e. The van der Waals surface area contributed by atoms with Gasteiger partial charge in [0.25, 0.3) is 0 Å². The third-order valence-electron chi connectivity index (χ3n) is 3.58. The fourth-order valence-electron chi connectivity index (χ4n) is 2.43. The number of ether oxygens (including phenoxy) is 1. The Morgan fingerprint density at radius 2 is 1.92 bits per heavy atom. The molecule has 0 bridgehead atoms. The first kappa shape index (κ1) is 17.9. The minimum atomic E-state index is -0.397. The number of halogens is 1. The number of hydrogen-bond acceptors (Lipinski definition) is 5. The van der Waals surface area contributed by atoms with Gasteiger partial charge >= 0.3 is 5.97 Å². The summed E-state index contributed by atoms with van der Waals surface area (Å²) in [7, 11) is 1.35. The number of carbonyl (C=O) groups is 2. The molecule has 9 heteroatoms. The van der Waals surface area contributed by atoms with E-state index in [0.717, 1.165) is 10.0 Å². The first-order chi connectivity index (χ1) is 12.5. The van der Waals surface area contributed by atoms with E-state index in [4.69, 9.17) is 4.74 Å². The van der Waals surface area contributed by atoms with Crippen LogP contribution in [0, 0.1) is 0 Å². The van der Waals surface area contributed by atoms with E-state index in [1.165, 1.54) is 11.8 Å². The van der Waals surface area contributed by atoms with E-state index in [2.05, 4.69) is 31.4 Å². The number of methoxy groups -OCH3 is 1. The Morgan fingerprint density at radius 1 is 1.15 bits per heavy atom. The van der Waals surface area contributed by atoms with Gasteiger partial charge in [-0.2, -0.15) is 10.2 Å². The number of carbonyl (C=O) groups excluding carboxylic acids is 2. The molecule has 134 valence electrons. The highest BCUT2D eigenvalue weighted by molar-refractivity contribution is 9.10. The van der Waals surface area contributed by atoms with Crippen molar-refractivity contribution in [2.75, 3.05) is 12.4 Å². The lowest BCUT2D eigenvalue weighted by molar-refractivity contribution is -0.116. The van der Waals surface area contributed by atoms with Crippen LogP contribution in [0.4, 0.5) is 5.69 Å². The highest BCUT2D eigenvalue weighted by Crippen LogP contribution is 2.14. The number of aromatic nitrogens is 4. The van der Waals surface area contributed by atoms with E-state index >= 15 is 0 Å². The van der Waals surface area contributed by atoms with Crippen molar-refractivity contribution in [1.29, 1.82) is 0 Å². The van der Waals surface area contributed by atoms with E-state index in [1.54, 1.807) is 41.6 Å². The molecule has 3 aromatic rings. The molecule has 0 unspecified atom stereocenters. The second-order valence-corrected chi connectivity index (χ2v) is 6.40. The lowest BCUT2D eigenvalue weighted by Gasteiger charge is -2.07. The maximum absolute atomic E-state index is 12.1. The van der Waals surface area contributed by atoms with Gasteiger partial charge in [-0.1, -0.05) is 18.2 Å². The lowest BCUT2D eigenvalue weighted by atomic mass is 10.1. The topological polar surface area (TPSA) is 91.0 Å². The van der Waals surface area contributed by atoms with Gasteiger partial charge in [0.2, 0.25) is 5.91 Å². The van der Waals surface area contributed by atoms with Gasteiger partial charge in [0.05, 0.1) is 41.8 Å². The predicted octanol–water partition coefficient (Wildman–Crippen LogP) is 2.32. The van der Waals surface area contributed by atoms with Gasteiger partial charge in [0.15, 0.2) is 0 Å². The summed E-state index contributed by atoms with van der Waals surface area (Å²) < 4.78 is 8.77. The largest absolute Gasteiger partial charge is 0.465 e. The molecule has 1 amide bonds. The highest BCUT2D eigenvalue weighted by atomic mass is 79.9. The molecule has 0 aliphatic rings. The van der Waals surface area contributed by atoms with Crippen molar-refractivity contribution in [2.45, 2.75) is 13.1 Å². The van der Waals surface area contributed by atoms with E-state index in [1.807, 2.05) is 12.1 Å². The monoisotopic (exact) mass is 417 g/mol. The number of anilines is 1. The summed E-state index contributed by atoms with van der Waals surface area (Å²) in [5.41, 5.74) is 1.83. The van der Waals surface area contributed by atoms with Gasteiger partial charge in [-0.05, 0) is 27.6 Å². The first-order valence-electron chi connectivity index (χ1n) is 7.71. The standard InChI is InChI=1S/C17H16BrN5O3/c1-26-17(25)15-5-3-2-4-12(15)8-22-10-14(7-20-22)21-16(24)11-23-9-13(18)6-19-23/h2-7,9-10H,8,11H2,1H3,(H,21,24). The number of hydrogen-bond donors (Lipinski definition) is 1. The smallest absolute Gasteiger partial charge is 0.338 e. The van der Waals surface area contributed by atoms with E-state index in [9.17, 15) is 9.59 Å². The molecule has 0 atom stereocenters. The Morgan fingerprint density at radius 3 is 2.65 bits per heavy atom. The van der Waals surface area contributed by atoms with Gasteiger partial charge < -0.3 is 10.1 Å². The third kappa shape index (κ3) is 4.37. The van der Waals surface area contributed by atoms with Crippen LogP contribution >= 0.6 is 15.9 Å². The Hall–Kier alpha value is -2.94. The summed E-state index contributed by atoms with van der Waals surface area (Å²) in [6.07, 6.45) is 6.58. The van der Waals surface area contributed by atoms with Gasteiger partial charge in [-0.15, -0.1) is 0 Å². The zero-order chi connectivity index (χ0) is 18.5. The molecule has 3 rings (SSSR count). The van der Waals surface area contributed by atoms with Crippen molar-refractivity contribution in [2.24, 2.45) is 0 Å². The highest BCUT2D eigenvalue weighted by Gasteiger charge is 2.12. The van der Waals surface area contributed by atoms with Crippen LogP contribution in [-0.4, -0.2) is 38.5 Å². The number of amides is 1. The molecule has 1 aromatic carbocycles. The van der Waals surface area contributed by atoms with Crippen molar-refractivity contribution >= 4 is 33.5 Å². The van der Waals surface area contributed by atoms with Crippen molar-refractivity contribution in [3.05, 3.63) is 64.7 Å². The van der Waals surface area contributed by atoms with Crippen LogP contribution in [0.1, 0.15) is 15.9 Å². The molecule has 0 aliphatic carbocycles. The average Bonchev–Trinajstić information content (AvgIpc) is 3.23. The summed E-state index contributed by atoms with van der Waals surface area (Å²) in [5, 5.41) is 11.0. The summed E-state index contributed by atoms with van der Waals surface area (Å²) in [6, 6.07) is 7.16. The Bertz CT molecular complexity index is 934. The minimum absolute atomic E-state index is 0.0992. The Balaban J connectivity index is 1.65. The Kier molecular flexibility index (Phi) is 5.47. The van der Waals surface area contributed by atoms with Crippen LogP contribution in [0.5, 0.6) is 0 Å². The van der Waals surface area contributed by atoms with E-state index in [0.29, 0.717) is 17.8 Å². The Labute approximate surface area is 157 Å². The van der Waals surface area contributed by atoms with Gasteiger partial charge in [-0.3, -0.25) is 14.2 Å². The van der Waals surface area contributed by atoms with Crippen molar-refractivity contribution in [1.82, 2.24) is 19.6 Å². The number of esters is 1. The first-order valence-corrected chi connectivity index (χ1v) is 8.51. The van der Waals surface area contributed by atoms with E-state index in [-0.39, 0.29) is 12.5 Å². The van der Waals surface area contributed by atoms with Crippen LogP contribution in [0.2, 0.25) is 0 Å². The predicted molar refractivity (Wildman–Crippen MR) is 97.7 cm³/mol. The van der Waals surface area contributed by atoms with Crippen molar-refractivity contribution in [3.63, 3.8) is 0 Å². The second-order valence-electron chi connectivity index (χ2n) is 5.48. The molecule has 2 heterocycles. The molecule has 0 spiro atoms. The quantitative estimate of drug-likeness (QED) is 0.621. The molecular formula is C17H16BrN5O3. The molecule has 0 saturated heterocycles. The van der Waals surface area contributed by atoms with Crippen LogP contribution in [0.15, 0.2) is 53.5 Å². The molecule has 0 fully saturated rings. The van der Waals surface area contributed by atoms with Gasteiger partial charge in [0, 0.05) is 12.4 Å². The molecular weight excluding hydrogens is 402 g/mol. The van der Waals surface area contributed by atoms with Crippen molar-refractivity contribution < 1.29 is 14.3 Å². The van der Waals surface area contributed by atoms with Crippen LogP contribution in [0.25, 0.3) is 0 Å². The molecule has 0 aliphatic heterocycles. The van der Waals surface area contributed by atoms with Gasteiger partial charge in [0.1, 0.15) is 6.54 Å². The number of nitrogens with zero attached hydrogens (tertiary/aromatic N) is 4. The zero-order valence-electron chi connectivity index (χ0n) is 13.9. The zero-order valence-corrected chi connectivity index (χ0v) is 15.5. The summed E-state index contributed by atoms with van der Waals surface area (Å²) in [6.45, 7) is 0.481. The van der Waals surface area contributed by atoms with Crippen LogP contribution < -0.4 is 5.32 Å². The molecule has 2 aromatic heterocycles. The minimum Gasteiger partial charge on any atom is -0.465 e. The number of benzene rings is 1. The molecule has 8 nitrogen and oxygen atoms in total. The fourth-order valence-corrected chi connectivity index (χ4v) is 2.76. The van der Waals surface area contributed by atoms with Crippen molar-refractivity contribution in [3.8, 4) is 0 Å². The molecule has 0 radical (unpaired) electrons. The molecule has 1 N–H and O–H groups in total. The SMILES string of the molecule is COC(=O)c1ccccc1Cn1cc(NC(=O)Cn2cc(Br)cn2)cn1. The van der Waals surface area contributed by atoms with Crippen LogP contribution in [0.3, 0.4) is 0 Å². The fraction of sp³-hybridized carbons (Fsp3) is 0.176. The normalized spacial score (nSPS) is 10.5. The molecule has 26 heavy (non-hydrogen) atoms. The summed E-state index contributed by atoms with van der Waals surface area (Å²) in [4.78, 5) is 23.9.